The van der Waals surface area contributed by atoms with Gasteiger partial charge < -0.3 is 19.7 Å². The number of rotatable bonds is 5. The van der Waals surface area contributed by atoms with Crippen molar-refractivity contribution in [2.45, 2.75) is 76.2 Å². The number of hydrogen-bond acceptors (Lipinski definition) is 5. The average molecular weight is 389 g/mol. The van der Waals surface area contributed by atoms with Gasteiger partial charge in [-0.2, -0.15) is 0 Å². The molecule has 3 rings (SSSR count). The zero-order valence-corrected chi connectivity index (χ0v) is 17.3. The summed E-state index contributed by atoms with van der Waals surface area (Å²) in [5.74, 6) is -0.831. The Kier molecular flexibility index (Phi) is 6.28. The summed E-state index contributed by atoms with van der Waals surface area (Å²) in [6, 6.07) is 10.5. The lowest BCUT2D eigenvalue weighted by Crippen LogP contribution is -2.44. The number of nitrogens with one attached hydrogen (secondary N) is 1. The van der Waals surface area contributed by atoms with Gasteiger partial charge in [0, 0.05) is 18.6 Å². The maximum absolute atomic E-state index is 13.0. The third-order valence-corrected chi connectivity index (χ3v) is 5.67. The van der Waals surface area contributed by atoms with E-state index in [0.29, 0.717) is 12.1 Å². The molecule has 6 heteroatoms. The number of hydrogen-bond donors (Lipinski definition) is 1. The summed E-state index contributed by atoms with van der Waals surface area (Å²) in [7, 11) is 2.16. The normalized spacial score (nSPS) is 25.8. The summed E-state index contributed by atoms with van der Waals surface area (Å²) < 4.78 is 11.2. The van der Waals surface area contributed by atoms with Crippen molar-refractivity contribution < 1.29 is 19.1 Å². The van der Waals surface area contributed by atoms with Gasteiger partial charge in [0.05, 0.1) is 5.92 Å². The lowest BCUT2D eigenvalue weighted by Gasteiger charge is -2.36. The SMILES string of the molecule is CN1[C@@H]2CC[C@H]1CC(OC(=O)C(CNC(=O)OC(C)(C)C)c1ccccc1)C2. The zero-order valence-electron chi connectivity index (χ0n) is 17.3. The molecule has 2 fully saturated rings. The minimum Gasteiger partial charge on any atom is -0.462 e. The topological polar surface area (TPSA) is 67.9 Å². The number of nitrogens with zero attached hydrogens (tertiary/aromatic N) is 1. The summed E-state index contributed by atoms with van der Waals surface area (Å²) >= 11 is 0. The molecule has 6 nitrogen and oxygen atoms in total. The molecule has 2 unspecified atom stereocenters. The number of amides is 1. The van der Waals surface area contributed by atoms with Crippen LogP contribution in [0.4, 0.5) is 4.79 Å². The minimum absolute atomic E-state index is 0.0473. The summed E-state index contributed by atoms with van der Waals surface area (Å²) in [5.41, 5.74) is 0.250. The van der Waals surface area contributed by atoms with E-state index >= 15 is 0 Å². The van der Waals surface area contributed by atoms with Crippen LogP contribution >= 0.6 is 0 Å². The third kappa shape index (κ3) is 5.25. The van der Waals surface area contributed by atoms with Crippen LogP contribution in [0.25, 0.3) is 0 Å². The van der Waals surface area contributed by atoms with Crippen LogP contribution in [0.3, 0.4) is 0 Å². The first-order valence-electron chi connectivity index (χ1n) is 10.2. The molecular formula is C22H32N2O4. The highest BCUT2D eigenvalue weighted by Crippen LogP contribution is 2.36. The molecule has 0 radical (unpaired) electrons. The van der Waals surface area contributed by atoms with Crippen molar-refractivity contribution in [3.63, 3.8) is 0 Å². The molecule has 4 atom stereocenters. The molecule has 1 aromatic carbocycles. The number of fused-ring (bicyclic) bond motifs is 2. The first kappa shape index (κ1) is 20.6. The first-order chi connectivity index (χ1) is 13.2. The Morgan fingerprint density at radius 3 is 2.32 bits per heavy atom. The molecule has 2 saturated heterocycles. The molecule has 28 heavy (non-hydrogen) atoms. The van der Waals surface area contributed by atoms with Gasteiger partial charge in [-0.3, -0.25) is 4.79 Å². The summed E-state index contributed by atoms with van der Waals surface area (Å²) in [6.45, 7) is 5.58. The molecular weight excluding hydrogens is 356 g/mol. The molecule has 0 aromatic heterocycles. The number of ether oxygens (including phenoxy) is 2. The first-order valence-corrected chi connectivity index (χ1v) is 10.2. The number of benzene rings is 1. The second-order valence-corrected chi connectivity index (χ2v) is 8.93. The van der Waals surface area contributed by atoms with Crippen molar-refractivity contribution in [3.05, 3.63) is 35.9 Å². The molecule has 1 aromatic rings. The van der Waals surface area contributed by atoms with E-state index in [9.17, 15) is 9.59 Å². The highest BCUT2D eigenvalue weighted by Gasteiger charge is 2.40. The lowest BCUT2D eigenvalue weighted by molar-refractivity contribution is -0.154. The number of esters is 1. The van der Waals surface area contributed by atoms with E-state index < -0.39 is 17.6 Å². The molecule has 2 heterocycles. The minimum atomic E-state index is -0.583. The van der Waals surface area contributed by atoms with Crippen molar-refractivity contribution in [2.75, 3.05) is 13.6 Å². The number of carbonyl (C=O) groups is 2. The Morgan fingerprint density at radius 1 is 1.14 bits per heavy atom. The smallest absolute Gasteiger partial charge is 0.407 e. The number of alkyl carbamates (subject to hydrolysis) is 1. The van der Waals surface area contributed by atoms with Crippen LogP contribution in [0.2, 0.25) is 0 Å². The molecule has 1 N–H and O–H groups in total. The highest BCUT2D eigenvalue weighted by molar-refractivity contribution is 5.79. The monoisotopic (exact) mass is 388 g/mol. The second kappa shape index (κ2) is 8.52. The maximum Gasteiger partial charge on any atom is 0.407 e. The highest BCUT2D eigenvalue weighted by atomic mass is 16.6. The molecule has 2 bridgehead atoms. The van der Waals surface area contributed by atoms with Crippen molar-refractivity contribution in [2.24, 2.45) is 0 Å². The van der Waals surface area contributed by atoms with E-state index in [0.717, 1.165) is 18.4 Å². The quantitative estimate of drug-likeness (QED) is 0.783. The lowest BCUT2D eigenvalue weighted by atomic mass is 9.97. The van der Waals surface area contributed by atoms with Gasteiger partial charge in [-0.1, -0.05) is 30.3 Å². The Balaban J connectivity index is 1.63. The van der Waals surface area contributed by atoms with Gasteiger partial charge in [-0.15, -0.1) is 0 Å². The molecule has 0 saturated carbocycles. The molecule has 2 aliphatic heterocycles. The Bertz CT molecular complexity index is 672. The largest absolute Gasteiger partial charge is 0.462 e. The van der Waals surface area contributed by atoms with Gasteiger partial charge in [-0.05, 0) is 59.1 Å². The van der Waals surface area contributed by atoms with Gasteiger partial charge in [0.2, 0.25) is 0 Å². The van der Waals surface area contributed by atoms with Gasteiger partial charge in [-0.25, -0.2) is 4.79 Å². The van der Waals surface area contributed by atoms with E-state index in [1.165, 1.54) is 12.8 Å². The van der Waals surface area contributed by atoms with Crippen LogP contribution in [0, 0.1) is 0 Å². The van der Waals surface area contributed by atoms with Gasteiger partial charge in [0.15, 0.2) is 0 Å². The summed E-state index contributed by atoms with van der Waals surface area (Å²) in [5, 5.41) is 2.72. The fourth-order valence-electron chi connectivity index (χ4n) is 4.23. The van der Waals surface area contributed by atoms with Gasteiger partial charge >= 0.3 is 12.1 Å². The van der Waals surface area contributed by atoms with Crippen LogP contribution in [0.5, 0.6) is 0 Å². The number of carbonyl (C=O) groups excluding carboxylic acids is 2. The maximum atomic E-state index is 13.0. The molecule has 1 amide bonds. The molecule has 0 spiro atoms. The van der Waals surface area contributed by atoms with Gasteiger partial charge in [0.25, 0.3) is 0 Å². The Morgan fingerprint density at radius 2 is 1.75 bits per heavy atom. The van der Waals surface area contributed by atoms with Crippen molar-refractivity contribution >= 4 is 12.1 Å². The summed E-state index contributed by atoms with van der Waals surface area (Å²) in [4.78, 5) is 27.5. The Hall–Kier alpha value is -2.08. The van der Waals surface area contributed by atoms with Crippen LogP contribution in [0.1, 0.15) is 57.9 Å². The van der Waals surface area contributed by atoms with Crippen LogP contribution in [0.15, 0.2) is 30.3 Å². The molecule has 154 valence electrons. The van der Waals surface area contributed by atoms with E-state index in [4.69, 9.17) is 9.47 Å². The predicted molar refractivity (Wildman–Crippen MR) is 107 cm³/mol. The Labute approximate surface area is 167 Å². The van der Waals surface area contributed by atoms with Crippen LogP contribution < -0.4 is 5.32 Å². The van der Waals surface area contributed by atoms with E-state index in [-0.39, 0.29) is 18.6 Å². The fraction of sp³-hybridized carbons (Fsp3) is 0.636. The number of piperidine rings is 1. The predicted octanol–water partition coefficient (Wildman–Crippen LogP) is 3.46. The van der Waals surface area contributed by atoms with E-state index in [1.54, 1.807) is 0 Å². The van der Waals surface area contributed by atoms with E-state index in [2.05, 4.69) is 17.3 Å². The standard InChI is InChI=1S/C22H32N2O4/c1-22(2,3)28-21(26)23-14-19(15-8-6-5-7-9-15)20(25)27-18-12-16-10-11-17(13-18)24(16)4/h5-9,16-19H,10-14H2,1-4H3,(H,23,26)/t16-,17+,18?,19?. The third-order valence-electron chi connectivity index (χ3n) is 5.67. The van der Waals surface area contributed by atoms with Crippen molar-refractivity contribution in [3.8, 4) is 0 Å². The zero-order chi connectivity index (χ0) is 20.3. The summed E-state index contributed by atoms with van der Waals surface area (Å²) in [6.07, 6.45) is 3.56. The van der Waals surface area contributed by atoms with E-state index in [1.807, 2.05) is 51.1 Å². The molecule has 2 aliphatic rings. The van der Waals surface area contributed by atoms with Gasteiger partial charge in [0.1, 0.15) is 11.7 Å². The second-order valence-electron chi connectivity index (χ2n) is 8.93. The molecule has 0 aliphatic carbocycles. The van der Waals surface area contributed by atoms with Crippen LogP contribution in [-0.4, -0.2) is 54.3 Å². The fourth-order valence-corrected chi connectivity index (χ4v) is 4.23. The van der Waals surface area contributed by atoms with Crippen LogP contribution in [-0.2, 0) is 14.3 Å². The van der Waals surface area contributed by atoms with Crippen molar-refractivity contribution in [1.82, 2.24) is 10.2 Å². The van der Waals surface area contributed by atoms with Crippen molar-refractivity contribution in [1.29, 1.82) is 0 Å². The average Bonchev–Trinajstić information content (AvgIpc) is 2.82.